The summed E-state index contributed by atoms with van der Waals surface area (Å²) in [7, 11) is 0. The highest BCUT2D eigenvalue weighted by molar-refractivity contribution is 6.01. The summed E-state index contributed by atoms with van der Waals surface area (Å²) < 4.78 is 4.43. The maximum atomic E-state index is 10.9. The molecule has 74 valence electrons. The summed E-state index contributed by atoms with van der Waals surface area (Å²) in [4.78, 5) is 31.8. The van der Waals surface area contributed by atoms with Crippen molar-refractivity contribution in [3.05, 3.63) is 0 Å². The number of carbonyl (C=O) groups is 3. The van der Waals surface area contributed by atoms with Gasteiger partial charge >= 0.3 is 11.9 Å². The first-order valence-electron chi connectivity index (χ1n) is 3.65. The van der Waals surface area contributed by atoms with Gasteiger partial charge in [0.1, 0.15) is 0 Å². The second-order valence-electron chi connectivity index (χ2n) is 2.22. The summed E-state index contributed by atoms with van der Waals surface area (Å²) in [6.07, 6.45) is 0. The van der Waals surface area contributed by atoms with Crippen molar-refractivity contribution in [2.45, 2.75) is 19.9 Å². The Kier molecular flexibility index (Phi) is 4.50. The molecule has 1 amide bonds. The fraction of sp³-hybridized carbons (Fsp3) is 0.571. The largest absolute Gasteiger partial charge is 0.479 e. The predicted molar refractivity (Wildman–Crippen MR) is 41.9 cm³/mol. The summed E-state index contributed by atoms with van der Waals surface area (Å²) in [5.74, 6) is -3.00. The average Bonchev–Trinajstić information content (AvgIpc) is 1.99. The minimum Gasteiger partial charge on any atom is -0.479 e. The van der Waals surface area contributed by atoms with Crippen LogP contribution in [0.5, 0.6) is 0 Å². The van der Waals surface area contributed by atoms with E-state index in [-0.39, 0.29) is 6.61 Å². The van der Waals surface area contributed by atoms with Crippen molar-refractivity contribution in [1.82, 2.24) is 5.32 Å². The Bertz CT molecular complexity index is 225. The SMILES string of the molecule is CCOC(=O)[C@H](NC(C)=O)C(=O)O. The van der Waals surface area contributed by atoms with Gasteiger partial charge in [0, 0.05) is 6.92 Å². The quantitative estimate of drug-likeness (QED) is 0.443. The second kappa shape index (κ2) is 5.13. The normalized spacial score (nSPS) is 11.5. The molecule has 6 nitrogen and oxygen atoms in total. The predicted octanol–water partition coefficient (Wildman–Crippen LogP) is -0.861. The lowest BCUT2D eigenvalue weighted by Gasteiger charge is -2.10. The molecule has 0 spiro atoms. The van der Waals surface area contributed by atoms with Gasteiger partial charge in [-0.15, -0.1) is 0 Å². The van der Waals surface area contributed by atoms with Gasteiger partial charge in [-0.2, -0.15) is 0 Å². The molecule has 0 aromatic rings. The highest BCUT2D eigenvalue weighted by Crippen LogP contribution is 1.89. The Morgan fingerprint density at radius 3 is 2.31 bits per heavy atom. The van der Waals surface area contributed by atoms with Crippen molar-refractivity contribution >= 4 is 17.8 Å². The van der Waals surface area contributed by atoms with Gasteiger partial charge in [-0.25, -0.2) is 9.59 Å². The van der Waals surface area contributed by atoms with Crippen LogP contribution in [0.2, 0.25) is 0 Å². The van der Waals surface area contributed by atoms with Gasteiger partial charge in [0.15, 0.2) is 0 Å². The molecule has 0 heterocycles. The summed E-state index contributed by atoms with van der Waals surface area (Å²) in [5, 5.41) is 10.5. The zero-order chi connectivity index (χ0) is 10.4. The number of aliphatic carboxylic acids is 1. The molecule has 6 heteroatoms. The van der Waals surface area contributed by atoms with Crippen LogP contribution in [0.25, 0.3) is 0 Å². The molecule has 0 saturated heterocycles. The molecule has 0 aliphatic rings. The van der Waals surface area contributed by atoms with E-state index in [4.69, 9.17) is 5.11 Å². The second-order valence-corrected chi connectivity index (χ2v) is 2.22. The van der Waals surface area contributed by atoms with Gasteiger partial charge in [-0.3, -0.25) is 4.79 Å². The molecule has 0 aliphatic carbocycles. The number of hydrogen-bond donors (Lipinski definition) is 2. The summed E-state index contributed by atoms with van der Waals surface area (Å²) in [6.45, 7) is 2.74. The number of carbonyl (C=O) groups excluding carboxylic acids is 2. The number of rotatable bonds is 4. The molecule has 0 rings (SSSR count). The number of amides is 1. The highest BCUT2D eigenvalue weighted by Gasteiger charge is 2.28. The molecule has 0 fully saturated rings. The Labute approximate surface area is 74.9 Å². The third-order valence-corrected chi connectivity index (χ3v) is 1.12. The summed E-state index contributed by atoms with van der Waals surface area (Å²) >= 11 is 0. The molecule has 0 aromatic carbocycles. The van der Waals surface area contributed by atoms with E-state index in [0.29, 0.717) is 0 Å². The van der Waals surface area contributed by atoms with E-state index in [2.05, 4.69) is 4.74 Å². The van der Waals surface area contributed by atoms with E-state index >= 15 is 0 Å². The standard InChI is InChI=1S/C7H11NO5/c1-3-13-7(12)5(6(10)11)8-4(2)9/h5H,3H2,1-2H3,(H,8,9)(H,10,11)/t5-/m1/s1. The number of esters is 1. The third kappa shape index (κ3) is 4.09. The molecule has 0 aliphatic heterocycles. The molecule has 1 atom stereocenters. The van der Waals surface area contributed by atoms with Crippen LogP contribution in [-0.2, 0) is 19.1 Å². The van der Waals surface area contributed by atoms with E-state index in [0.717, 1.165) is 6.92 Å². The van der Waals surface area contributed by atoms with Crippen molar-refractivity contribution in [2.24, 2.45) is 0 Å². The van der Waals surface area contributed by atoms with Crippen LogP contribution in [-0.4, -0.2) is 35.6 Å². The number of hydrogen-bond acceptors (Lipinski definition) is 4. The molecule has 0 saturated carbocycles. The monoisotopic (exact) mass is 189 g/mol. The molecule has 0 radical (unpaired) electrons. The van der Waals surface area contributed by atoms with Gasteiger partial charge in [-0.1, -0.05) is 0 Å². The zero-order valence-electron chi connectivity index (χ0n) is 7.36. The molecule has 2 N–H and O–H groups in total. The van der Waals surface area contributed by atoms with Gasteiger partial charge in [0.05, 0.1) is 6.61 Å². The third-order valence-electron chi connectivity index (χ3n) is 1.12. The van der Waals surface area contributed by atoms with Crippen LogP contribution in [0.15, 0.2) is 0 Å². The lowest BCUT2D eigenvalue weighted by Crippen LogP contribution is -2.46. The molecular weight excluding hydrogens is 178 g/mol. The molecular formula is C7H11NO5. The first-order chi connectivity index (χ1) is 5.99. The Hall–Kier alpha value is -1.59. The van der Waals surface area contributed by atoms with Crippen LogP contribution < -0.4 is 5.32 Å². The van der Waals surface area contributed by atoms with Gasteiger partial charge in [0.25, 0.3) is 0 Å². The van der Waals surface area contributed by atoms with E-state index in [9.17, 15) is 14.4 Å². The summed E-state index contributed by atoms with van der Waals surface area (Å²) in [5.41, 5.74) is 0. The van der Waals surface area contributed by atoms with E-state index in [1.165, 1.54) is 0 Å². The van der Waals surface area contributed by atoms with Crippen molar-refractivity contribution in [3.63, 3.8) is 0 Å². The fourth-order valence-corrected chi connectivity index (χ4v) is 0.650. The minimum atomic E-state index is -1.61. The lowest BCUT2D eigenvalue weighted by atomic mass is 10.3. The molecule has 0 aromatic heterocycles. The number of ether oxygens (including phenoxy) is 1. The maximum absolute atomic E-state index is 10.9. The average molecular weight is 189 g/mol. The molecule has 0 bridgehead atoms. The Morgan fingerprint density at radius 2 is 2.00 bits per heavy atom. The smallest absolute Gasteiger partial charge is 0.340 e. The first kappa shape index (κ1) is 11.4. The summed E-state index contributed by atoms with van der Waals surface area (Å²) in [6, 6.07) is -1.61. The minimum absolute atomic E-state index is 0.0716. The number of carboxylic acid groups (broad SMARTS) is 1. The van der Waals surface area contributed by atoms with Crippen LogP contribution in [0.4, 0.5) is 0 Å². The van der Waals surface area contributed by atoms with E-state index in [1.807, 2.05) is 5.32 Å². The lowest BCUT2D eigenvalue weighted by molar-refractivity contribution is -0.156. The Balaban J connectivity index is 4.32. The maximum Gasteiger partial charge on any atom is 0.340 e. The topological polar surface area (TPSA) is 92.7 Å². The van der Waals surface area contributed by atoms with Crippen LogP contribution in [0.3, 0.4) is 0 Å². The number of nitrogens with one attached hydrogen (secondary N) is 1. The van der Waals surface area contributed by atoms with E-state index < -0.39 is 23.9 Å². The van der Waals surface area contributed by atoms with Gasteiger partial charge in [0.2, 0.25) is 11.9 Å². The van der Waals surface area contributed by atoms with Gasteiger partial charge < -0.3 is 15.2 Å². The Morgan fingerprint density at radius 1 is 1.46 bits per heavy atom. The van der Waals surface area contributed by atoms with Crippen LogP contribution >= 0.6 is 0 Å². The fourth-order valence-electron chi connectivity index (χ4n) is 0.650. The highest BCUT2D eigenvalue weighted by atomic mass is 16.5. The molecule has 0 unspecified atom stereocenters. The van der Waals surface area contributed by atoms with Crippen molar-refractivity contribution in [2.75, 3.05) is 6.61 Å². The number of carboxylic acids is 1. The van der Waals surface area contributed by atoms with Crippen molar-refractivity contribution in [3.8, 4) is 0 Å². The van der Waals surface area contributed by atoms with Crippen molar-refractivity contribution in [1.29, 1.82) is 0 Å². The zero-order valence-corrected chi connectivity index (χ0v) is 7.36. The van der Waals surface area contributed by atoms with Crippen LogP contribution in [0, 0.1) is 0 Å². The molecule has 13 heavy (non-hydrogen) atoms. The van der Waals surface area contributed by atoms with Crippen LogP contribution in [0.1, 0.15) is 13.8 Å². The van der Waals surface area contributed by atoms with Crippen molar-refractivity contribution < 1.29 is 24.2 Å². The van der Waals surface area contributed by atoms with Gasteiger partial charge in [-0.05, 0) is 6.92 Å². The first-order valence-corrected chi connectivity index (χ1v) is 3.65. The van der Waals surface area contributed by atoms with E-state index in [1.54, 1.807) is 6.92 Å².